The Hall–Kier alpha value is -2.62. The van der Waals surface area contributed by atoms with Gasteiger partial charge in [-0.3, -0.25) is 4.90 Å². The van der Waals surface area contributed by atoms with E-state index in [9.17, 15) is 9.18 Å². The Labute approximate surface area is 141 Å². The zero-order valence-electron chi connectivity index (χ0n) is 13.8. The molecule has 2 aromatic rings. The van der Waals surface area contributed by atoms with Crippen LogP contribution >= 0.6 is 0 Å². The molecule has 1 heterocycles. The first-order valence-electron chi connectivity index (χ1n) is 8.05. The Morgan fingerprint density at radius 3 is 2.71 bits per heavy atom. The van der Waals surface area contributed by atoms with Gasteiger partial charge in [-0.1, -0.05) is 42.5 Å². The molecule has 1 unspecified atom stereocenters. The minimum Gasteiger partial charge on any atom is -0.450 e. The van der Waals surface area contributed by atoms with E-state index in [1.807, 2.05) is 43.3 Å². The number of hydrogen-bond donors (Lipinski definition) is 0. The Morgan fingerprint density at radius 1 is 1.25 bits per heavy atom. The maximum Gasteiger partial charge on any atom is 0.410 e. The van der Waals surface area contributed by atoms with Gasteiger partial charge in [-0.05, 0) is 48.2 Å². The predicted octanol–water partition coefficient (Wildman–Crippen LogP) is 4.73. The zero-order chi connectivity index (χ0) is 17.1. The predicted molar refractivity (Wildman–Crippen MR) is 92.0 cm³/mol. The molecule has 0 bridgehead atoms. The second-order valence-electron chi connectivity index (χ2n) is 5.83. The number of carbonyl (C=O) groups excluding carboxylic acids is 1. The van der Waals surface area contributed by atoms with Gasteiger partial charge in [0.1, 0.15) is 5.82 Å². The van der Waals surface area contributed by atoms with Crippen molar-refractivity contribution in [1.29, 1.82) is 0 Å². The van der Waals surface area contributed by atoms with Crippen molar-refractivity contribution in [2.75, 3.05) is 13.2 Å². The molecule has 0 saturated heterocycles. The summed E-state index contributed by atoms with van der Waals surface area (Å²) in [5.41, 5.74) is 3.77. The molecule has 0 spiro atoms. The highest BCUT2D eigenvalue weighted by molar-refractivity contribution is 5.79. The van der Waals surface area contributed by atoms with Crippen LogP contribution in [0.3, 0.4) is 0 Å². The number of carbonyl (C=O) groups is 1. The van der Waals surface area contributed by atoms with E-state index in [1.54, 1.807) is 17.9 Å². The Bertz CT molecular complexity index is 770. The van der Waals surface area contributed by atoms with Gasteiger partial charge in [-0.15, -0.1) is 0 Å². The molecule has 1 aliphatic rings. The van der Waals surface area contributed by atoms with Crippen LogP contribution in [0.4, 0.5) is 9.18 Å². The lowest BCUT2D eigenvalue weighted by Crippen LogP contribution is -2.32. The minimum absolute atomic E-state index is 0.206. The van der Waals surface area contributed by atoms with Crippen molar-refractivity contribution in [2.45, 2.75) is 19.9 Å². The summed E-state index contributed by atoms with van der Waals surface area (Å²) in [7, 11) is 0. The largest absolute Gasteiger partial charge is 0.450 e. The Kier molecular flexibility index (Phi) is 4.65. The normalized spacial score (nSPS) is 16.9. The number of nitrogens with zero attached hydrogens (tertiary/aromatic N) is 1. The molecule has 3 rings (SSSR count). The minimum atomic E-state index is -0.355. The third-order valence-electron chi connectivity index (χ3n) is 4.22. The van der Waals surface area contributed by atoms with Gasteiger partial charge >= 0.3 is 6.09 Å². The van der Waals surface area contributed by atoms with Gasteiger partial charge < -0.3 is 4.74 Å². The van der Waals surface area contributed by atoms with Crippen molar-refractivity contribution in [3.63, 3.8) is 0 Å². The molecule has 124 valence electrons. The number of benzene rings is 2. The third kappa shape index (κ3) is 3.18. The van der Waals surface area contributed by atoms with Crippen LogP contribution in [0, 0.1) is 12.7 Å². The molecule has 24 heavy (non-hydrogen) atoms. The molecule has 0 aliphatic carbocycles. The number of hydrogen-bond acceptors (Lipinski definition) is 2. The highest BCUT2D eigenvalue weighted by Crippen LogP contribution is 2.36. The standard InChI is InChI=1S/C20H20FNO2/c1-3-24-20(23)22-13-16(18-12-17(21)10-9-14(18)2)11-19(22)15-7-5-4-6-8-15/h4-12,19H,3,13H2,1-2H3. The molecule has 3 nitrogen and oxygen atoms in total. The lowest BCUT2D eigenvalue weighted by atomic mass is 9.99. The molecule has 4 heteroatoms. The van der Waals surface area contributed by atoms with Crippen LogP contribution < -0.4 is 0 Å². The van der Waals surface area contributed by atoms with Crippen molar-refractivity contribution in [1.82, 2.24) is 4.90 Å². The fourth-order valence-corrected chi connectivity index (χ4v) is 3.04. The van der Waals surface area contributed by atoms with E-state index in [0.717, 1.165) is 22.3 Å². The van der Waals surface area contributed by atoms with Crippen molar-refractivity contribution >= 4 is 11.7 Å². The summed E-state index contributed by atoms with van der Waals surface area (Å²) in [5.74, 6) is -0.276. The first-order valence-corrected chi connectivity index (χ1v) is 8.05. The maximum absolute atomic E-state index is 13.7. The molecule has 1 aliphatic heterocycles. The second-order valence-corrected chi connectivity index (χ2v) is 5.83. The van der Waals surface area contributed by atoms with Crippen LogP contribution in [0.25, 0.3) is 5.57 Å². The first-order chi connectivity index (χ1) is 11.6. The smallest absolute Gasteiger partial charge is 0.410 e. The Morgan fingerprint density at radius 2 is 2.00 bits per heavy atom. The quantitative estimate of drug-likeness (QED) is 0.816. The summed E-state index contributed by atoms with van der Waals surface area (Å²) >= 11 is 0. The van der Waals surface area contributed by atoms with E-state index < -0.39 is 0 Å². The highest BCUT2D eigenvalue weighted by atomic mass is 19.1. The summed E-state index contributed by atoms with van der Waals surface area (Å²) < 4.78 is 18.9. The van der Waals surface area contributed by atoms with Crippen LogP contribution in [-0.2, 0) is 4.74 Å². The molecule has 0 aromatic heterocycles. The maximum atomic E-state index is 13.7. The van der Waals surface area contributed by atoms with Gasteiger partial charge in [0.25, 0.3) is 0 Å². The molecule has 2 aromatic carbocycles. The van der Waals surface area contributed by atoms with Crippen molar-refractivity contribution < 1.29 is 13.9 Å². The molecular formula is C20H20FNO2. The fraction of sp³-hybridized carbons (Fsp3) is 0.250. The monoisotopic (exact) mass is 325 g/mol. The summed E-state index contributed by atoms with van der Waals surface area (Å²) in [6, 6.07) is 14.3. The van der Waals surface area contributed by atoms with Crippen molar-refractivity contribution in [3.05, 3.63) is 77.1 Å². The van der Waals surface area contributed by atoms with E-state index in [4.69, 9.17) is 4.74 Å². The van der Waals surface area contributed by atoms with Gasteiger partial charge in [0, 0.05) is 0 Å². The lowest BCUT2D eigenvalue weighted by molar-refractivity contribution is 0.106. The van der Waals surface area contributed by atoms with E-state index in [1.165, 1.54) is 12.1 Å². The SMILES string of the molecule is CCOC(=O)N1CC(c2cc(F)ccc2C)=CC1c1ccccc1. The lowest BCUT2D eigenvalue weighted by Gasteiger charge is -2.24. The van der Waals surface area contributed by atoms with Crippen LogP contribution in [0.5, 0.6) is 0 Å². The third-order valence-corrected chi connectivity index (χ3v) is 4.22. The number of aryl methyl sites for hydroxylation is 1. The molecule has 0 fully saturated rings. The van der Waals surface area contributed by atoms with Gasteiger partial charge in [0.05, 0.1) is 19.2 Å². The summed E-state index contributed by atoms with van der Waals surface area (Å²) in [4.78, 5) is 14.0. The van der Waals surface area contributed by atoms with Gasteiger partial charge in [-0.25, -0.2) is 9.18 Å². The number of halogens is 1. The van der Waals surface area contributed by atoms with Crippen molar-refractivity contribution in [2.24, 2.45) is 0 Å². The number of ether oxygens (including phenoxy) is 1. The van der Waals surface area contributed by atoms with Gasteiger partial charge in [-0.2, -0.15) is 0 Å². The molecular weight excluding hydrogens is 305 g/mol. The van der Waals surface area contributed by atoms with E-state index in [-0.39, 0.29) is 18.0 Å². The van der Waals surface area contributed by atoms with E-state index >= 15 is 0 Å². The molecule has 0 N–H and O–H groups in total. The summed E-state index contributed by atoms with van der Waals surface area (Å²) in [6.07, 6.45) is 1.67. The van der Waals surface area contributed by atoms with E-state index in [0.29, 0.717) is 13.2 Å². The topological polar surface area (TPSA) is 29.5 Å². The Balaban J connectivity index is 2.00. The number of rotatable bonds is 3. The van der Waals surface area contributed by atoms with Gasteiger partial charge in [0.2, 0.25) is 0 Å². The van der Waals surface area contributed by atoms with Crippen LogP contribution in [0.15, 0.2) is 54.6 Å². The molecule has 1 atom stereocenters. The average molecular weight is 325 g/mol. The number of amides is 1. The van der Waals surface area contributed by atoms with E-state index in [2.05, 4.69) is 0 Å². The van der Waals surface area contributed by atoms with Crippen LogP contribution in [-0.4, -0.2) is 24.1 Å². The summed E-state index contributed by atoms with van der Waals surface area (Å²) in [6.45, 7) is 4.46. The first kappa shape index (κ1) is 16.2. The van der Waals surface area contributed by atoms with Crippen LogP contribution in [0.2, 0.25) is 0 Å². The molecule has 0 radical (unpaired) electrons. The zero-order valence-corrected chi connectivity index (χ0v) is 13.8. The average Bonchev–Trinajstić information content (AvgIpc) is 3.03. The van der Waals surface area contributed by atoms with Crippen molar-refractivity contribution in [3.8, 4) is 0 Å². The van der Waals surface area contributed by atoms with Gasteiger partial charge in [0.15, 0.2) is 0 Å². The fourth-order valence-electron chi connectivity index (χ4n) is 3.04. The summed E-state index contributed by atoms with van der Waals surface area (Å²) in [5, 5.41) is 0. The highest BCUT2D eigenvalue weighted by Gasteiger charge is 2.32. The molecule has 1 amide bonds. The molecule has 0 saturated carbocycles. The van der Waals surface area contributed by atoms with Crippen LogP contribution in [0.1, 0.15) is 29.7 Å². The second kappa shape index (κ2) is 6.87.